The van der Waals surface area contributed by atoms with Crippen LogP contribution in [0.5, 0.6) is 0 Å². The van der Waals surface area contributed by atoms with E-state index in [0.29, 0.717) is 17.9 Å². The molecule has 2 aliphatic rings. The molecule has 3 rings (SSSR count). The second-order valence-corrected chi connectivity index (χ2v) is 11.9. The van der Waals surface area contributed by atoms with Gasteiger partial charge in [0.1, 0.15) is 5.60 Å². The second-order valence-electron chi connectivity index (χ2n) is 11.9. The van der Waals surface area contributed by atoms with Crippen LogP contribution in [0, 0.1) is 5.41 Å². The van der Waals surface area contributed by atoms with E-state index in [1.54, 1.807) is 11.9 Å². The number of hydrogen-bond donors (Lipinski definition) is 0. The van der Waals surface area contributed by atoms with E-state index in [0.717, 1.165) is 45.4 Å². The highest BCUT2D eigenvalue weighted by Gasteiger charge is 2.46. The van der Waals surface area contributed by atoms with E-state index < -0.39 is 5.60 Å². The summed E-state index contributed by atoms with van der Waals surface area (Å²) in [4.78, 5) is 16.1. The highest BCUT2D eigenvalue weighted by atomic mass is 16.6. The van der Waals surface area contributed by atoms with Crippen molar-refractivity contribution in [2.75, 3.05) is 33.8 Å². The number of nitrogens with zero attached hydrogens (tertiary/aromatic N) is 4. The van der Waals surface area contributed by atoms with Crippen LogP contribution in [0.4, 0.5) is 4.79 Å². The maximum absolute atomic E-state index is 12.2. The highest BCUT2D eigenvalue weighted by Crippen LogP contribution is 2.50. The van der Waals surface area contributed by atoms with Gasteiger partial charge in [-0.15, -0.1) is 0 Å². The molecule has 0 N–H and O–H groups in total. The van der Waals surface area contributed by atoms with Crippen LogP contribution >= 0.6 is 0 Å². The van der Waals surface area contributed by atoms with Crippen LogP contribution < -0.4 is 0 Å². The normalized spacial score (nSPS) is 25.5. The summed E-state index contributed by atoms with van der Waals surface area (Å²) < 4.78 is 13.8. The molecule has 1 spiro atoms. The first-order valence-corrected chi connectivity index (χ1v) is 12.1. The lowest BCUT2D eigenvalue weighted by atomic mass is 9.72. The second kappa shape index (κ2) is 9.34. The number of rotatable bonds is 6. The number of aromatic nitrogens is 2. The number of carbonyl (C=O) groups excluding carboxylic acids is 1. The zero-order chi connectivity index (χ0) is 23.7. The van der Waals surface area contributed by atoms with Crippen molar-refractivity contribution in [3.8, 4) is 0 Å². The van der Waals surface area contributed by atoms with Gasteiger partial charge in [0.05, 0.1) is 18.4 Å². The summed E-state index contributed by atoms with van der Waals surface area (Å²) in [5.41, 5.74) is 2.59. The van der Waals surface area contributed by atoms with E-state index in [-0.39, 0.29) is 11.7 Å². The third-order valence-corrected chi connectivity index (χ3v) is 6.88. The maximum Gasteiger partial charge on any atom is 0.410 e. The van der Waals surface area contributed by atoms with Crippen molar-refractivity contribution < 1.29 is 14.3 Å². The fourth-order valence-corrected chi connectivity index (χ4v) is 5.32. The minimum Gasteiger partial charge on any atom is -0.444 e. The van der Waals surface area contributed by atoms with Gasteiger partial charge in [-0.1, -0.05) is 13.8 Å². The Kier molecular flexibility index (Phi) is 7.30. The Labute approximate surface area is 194 Å². The average Bonchev–Trinajstić information content (AvgIpc) is 3.18. The summed E-state index contributed by atoms with van der Waals surface area (Å²) in [5, 5.41) is 4.59. The Morgan fingerprint density at radius 3 is 2.47 bits per heavy atom. The van der Waals surface area contributed by atoms with Crippen LogP contribution in [0.25, 0.3) is 0 Å². The Bertz CT molecular complexity index is 788. The van der Waals surface area contributed by atoms with Gasteiger partial charge in [-0.3, -0.25) is 4.68 Å². The smallest absolute Gasteiger partial charge is 0.410 e. The largest absolute Gasteiger partial charge is 0.444 e. The molecule has 2 heterocycles. The summed E-state index contributed by atoms with van der Waals surface area (Å²) >= 11 is 0. The van der Waals surface area contributed by atoms with Crippen molar-refractivity contribution in [2.24, 2.45) is 12.5 Å². The minimum atomic E-state index is -0.472. The predicted molar refractivity (Wildman–Crippen MR) is 127 cm³/mol. The number of hydrogen-bond acceptors (Lipinski definition) is 5. The first-order valence-electron chi connectivity index (χ1n) is 12.1. The predicted octanol–water partition coefficient (Wildman–Crippen LogP) is 4.56. The summed E-state index contributed by atoms with van der Waals surface area (Å²) in [6.07, 6.45) is 7.52. The zero-order valence-corrected chi connectivity index (χ0v) is 21.5. The summed E-state index contributed by atoms with van der Waals surface area (Å²) in [6, 6.07) is 0. The fraction of sp³-hybridized carbons (Fsp3) is 0.840. The molecule has 1 aromatic heterocycles. The molecular formula is C25H44N4O3. The van der Waals surface area contributed by atoms with E-state index in [9.17, 15) is 4.79 Å². The van der Waals surface area contributed by atoms with Crippen LogP contribution in [-0.2, 0) is 23.1 Å². The molecule has 0 atom stereocenters. The molecule has 1 aromatic rings. The molecule has 1 saturated carbocycles. The first-order chi connectivity index (χ1) is 14.8. The highest BCUT2D eigenvalue weighted by molar-refractivity contribution is 5.67. The molecular weight excluding hydrogens is 404 g/mol. The van der Waals surface area contributed by atoms with Crippen LogP contribution in [0.1, 0.15) is 83.9 Å². The van der Waals surface area contributed by atoms with Gasteiger partial charge in [-0.25, -0.2) is 4.79 Å². The van der Waals surface area contributed by atoms with E-state index >= 15 is 0 Å². The number of amides is 1. The topological polar surface area (TPSA) is 59.8 Å². The summed E-state index contributed by atoms with van der Waals surface area (Å²) in [6.45, 7) is 13.4. The van der Waals surface area contributed by atoms with Gasteiger partial charge in [0, 0.05) is 50.9 Å². The summed E-state index contributed by atoms with van der Waals surface area (Å²) in [7, 11) is 5.96. The van der Waals surface area contributed by atoms with E-state index in [1.165, 1.54) is 17.7 Å². The van der Waals surface area contributed by atoms with Crippen LogP contribution in [0.2, 0.25) is 0 Å². The van der Waals surface area contributed by atoms with Crippen LogP contribution in [0.3, 0.4) is 0 Å². The lowest BCUT2D eigenvalue weighted by Crippen LogP contribution is -2.38. The molecule has 7 nitrogen and oxygen atoms in total. The van der Waals surface area contributed by atoms with Gasteiger partial charge in [-0.2, -0.15) is 5.10 Å². The van der Waals surface area contributed by atoms with Gasteiger partial charge in [0.2, 0.25) is 0 Å². The third-order valence-electron chi connectivity index (χ3n) is 6.88. The van der Waals surface area contributed by atoms with Crippen molar-refractivity contribution in [2.45, 2.75) is 90.4 Å². The van der Waals surface area contributed by atoms with Gasteiger partial charge < -0.3 is 19.3 Å². The molecule has 0 bridgehead atoms. The van der Waals surface area contributed by atoms with Gasteiger partial charge in [0.15, 0.2) is 0 Å². The average molecular weight is 449 g/mol. The lowest BCUT2D eigenvalue weighted by molar-refractivity contribution is -0.0298. The Balaban J connectivity index is 1.54. The van der Waals surface area contributed by atoms with E-state index in [2.05, 4.69) is 42.6 Å². The molecule has 1 aliphatic carbocycles. The molecule has 1 aliphatic heterocycles. The van der Waals surface area contributed by atoms with Crippen molar-refractivity contribution in [3.63, 3.8) is 0 Å². The van der Waals surface area contributed by atoms with Gasteiger partial charge >= 0.3 is 6.09 Å². The zero-order valence-electron chi connectivity index (χ0n) is 21.5. The first kappa shape index (κ1) is 25.0. The number of carbonyl (C=O) groups is 1. The summed E-state index contributed by atoms with van der Waals surface area (Å²) in [5.74, 6) is 0.535. The molecule has 0 radical (unpaired) electrons. The lowest BCUT2D eigenvalue weighted by Gasteiger charge is -2.37. The fourth-order valence-electron chi connectivity index (χ4n) is 5.32. The van der Waals surface area contributed by atoms with Crippen molar-refractivity contribution in [1.82, 2.24) is 19.6 Å². The quantitative estimate of drug-likeness (QED) is 0.638. The van der Waals surface area contributed by atoms with E-state index in [1.807, 2.05) is 27.0 Å². The number of ether oxygens (including phenoxy) is 2. The van der Waals surface area contributed by atoms with Crippen LogP contribution in [-0.4, -0.2) is 70.7 Å². The molecule has 32 heavy (non-hydrogen) atoms. The van der Waals surface area contributed by atoms with Crippen molar-refractivity contribution >= 4 is 6.09 Å². The van der Waals surface area contributed by atoms with E-state index in [4.69, 9.17) is 9.47 Å². The Hall–Kier alpha value is -1.60. The maximum atomic E-state index is 12.2. The molecule has 0 aromatic carbocycles. The standard InChI is InChI=1S/C25H44N4O3/c1-23(2,3)32-22(30)28(7)14-13-27(6)16-20-15-26-29(8)21(20)19-9-11-25(12-10-19)17-24(4,5)18-31-25/h15,19H,9-14,16-18H2,1-8H3. The molecule has 7 heteroatoms. The monoisotopic (exact) mass is 448 g/mol. The number of aryl methyl sites for hydroxylation is 1. The van der Waals surface area contributed by atoms with Crippen molar-refractivity contribution in [3.05, 3.63) is 17.5 Å². The van der Waals surface area contributed by atoms with Gasteiger partial charge in [-0.05, 0) is 65.3 Å². The Morgan fingerprint density at radius 1 is 1.25 bits per heavy atom. The Morgan fingerprint density at radius 2 is 1.91 bits per heavy atom. The minimum absolute atomic E-state index is 0.0990. The SMILES string of the molecule is CN(CCN(C)C(=O)OC(C)(C)C)Cc1cnn(C)c1C1CCC2(CC1)CC(C)(C)CO2. The molecule has 182 valence electrons. The molecule has 2 fully saturated rings. The third kappa shape index (κ3) is 6.25. The van der Waals surface area contributed by atoms with Crippen LogP contribution in [0.15, 0.2) is 6.20 Å². The molecule has 1 saturated heterocycles. The molecule has 1 amide bonds. The number of likely N-dealkylation sites (N-methyl/N-ethyl adjacent to an activating group) is 2. The van der Waals surface area contributed by atoms with Crippen molar-refractivity contribution in [1.29, 1.82) is 0 Å². The van der Waals surface area contributed by atoms with Gasteiger partial charge in [0.25, 0.3) is 0 Å². The molecule has 0 unspecified atom stereocenters.